The topological polar surface area (TPSA) is 130 Å². The highest BCUT2D eigenvalue weighted by Crippen LogP contribution is 2.26. The summed E-state index contributed by atoms with van der Waals surface area (Å²) < 4.78 is 10.0. The van der Waals surface area contributed by atoms with Crippen LogP contribution in [0, 0.1) is 0 Å². The lowest BCUT2D eigenvalue weighted by molar-refractivity contribution is 0.0510. The van der Waals surface area contributed by atoms with Crippen LogP contribution >= 0.6 is 38.6 Å². The van der Waals surface area contributed by atoms with Crippen LogP contribution in [0.2, 0.25) is 0 Å². The summed E-state index contributed by atoms with van der Waals surface area (Å²) in [6.45, 7) is 4.17. The Hall–Kier alpha value is -1.72. The van der Waals surface area contributed by atoms with Crippen molar-refractivity contribution in [2.75, 3.05) is 24.7 Å². The lowest BCUT2D eigenvalue weighted by Crippen LogP contribution is -2.05. The van der Waals surface area contributed by atoms with Gasteiger partial charge in [0.1, 0.15) is 3.79 Å². The Balaban J connectivity index is 0.000000231. The minimum atomic E-state index is -0.447. The molecular formula is C12H15BrN4O4S2. The summed E-state index contributed by atoms with van der Waals surface area (Å²) in [7, 11) is 0. The molecule has 2 rings (SSSR count). The molecule has 0 atom stereocenters. The number of nitrogens with two attached hydrogens (primary N) is 2. The first kappa shape index (κ1) is 19.3. The second-order valence-corrected chi connectivity index (χ2v) is 6.92. The van der Waals surface area contributed by atoms with Crippen LogP contribution in [0.5, 0.6) is 0 Å². The van der Waals surface area contributed by atoms with Gasteiger partial charge in [-0.1, -0.05) is 11.3 Å². The fourth-order valence-corrected chi connectivity index (χ4v) is 3.06. The Bertz CT molecular complexity index is 674. The number of ether oxygens (including phenoxy) is 2. The van der Waals surface area contributed by atoms with Crippen LogP contribution in [0.25, 0.3) is 0 Å². The number of rotatable bonds is 4. The van der Waals surface area contributed by atoms with Gasteiger partial charge in [-0.05, 0) is 29.8 Å². The molecule has 0 aromatic carbocycles. The van der Waals surface area contributed by atoms with Gasteiger partial charge in [-0.3, -0.25) is 0 Å². The minimum Gasteiger partial charge on any atom is -0.461 e. The number of halogens is 1. The van der Waals surface area contributed by atoms with Crippen LogP contribution < -0.4 is 11.5 Å². The Labute approximate surface area is 149 Å². The van der Waals surface area contributed by atoms with Crippen molar-refractivity contribution in [3.05, 3.63) is 20.6 Å². The van der Waals surface area contributed by atoms with Crippen molar-refractivity contribution in [2.24, 2.45) is 0 Å². The van der Waals surface area contributed by atoms with Crippen molar-refractivity contribution in [3.8, 4) is 0 Å². The predicted molar refractivity (Wildman–Crippen MR) is 92.7 cm³/mol. The Morgan fingerprint density at radius 2 is 1.74 bits per heavy atom. The first-order valence-corrected chi connectivity index (χ1v) is 8.84. The normalized spacial score (nSPS) is 9.70. The fraction of sp³-hybridized carbons (Fsp3) is 0.333. The van der Waals surface area contributed by atoms with E-state index in [1.54, 1.807) is 19.2 Å². The molecule has 0 unspecified atom stereocenters. The van der Waals surface area contributed by atoms with E-state index >= 15 is 0 Å². The average molecular weight is 423 g/mol. The van der Waals surface area contributed by atoms with E-state index in [0.29, 0.717) is 27.3 Å². The van der Waals surface area contributed by atoms with Crippen molar-refractivity contribution >= 4 is 60.8 Å². The maximum absolute atomic E-state index is 11.1. The molecule has 11 heteroatoms. The van der Waals surface area contributed by atoms with Gasteiger partial charge < -0.3 is 20.9 Å². The van der Waals surface area contributed by atoms with Crippen LogP contribution in [-0.4, -0.2) is 35.1 Å². The monoisotopic (exact) mass is 422 g/mol. The van der Waals surface area contributed by atoms with E-state index in [1.807, 2.05) is 0 Å². The summed E-state index contributed by atoms with van der Waals surface area (Å²) in [6.07, 6.45) is 0. The highest BCUT2D eigenvalue weighted by molar-refractivity contribution is 9.11. The average Bonchev–Trinajstić information content (AvgIpc) is 3.06. The van der Waals surface area contributed by atoms with Crippen molar-refractivity contribution in [1.82, 2.24) is 9.97 Å². The van der Waals surface area contributed by atoms with Crippen LogP contribution in [0.4, 0.5) is 10.3 Å². The number of carbonyl (C=O) groups excluding carboxylic acids is 2. The molecule has 126 valence electrons. The first-order valence-electron chi connectivity index (χ1n) is 6.36. The number of hydrogen-bond donors (Lipinski definition) is 2. The molecule has 0 saturated heterocycles. The number of esters is 2. The molecule has 2 aromatic rings. The van der Waals surface area contributed by atoms with Crippen LogP contribution in [0.15, 0.2) is 9.17 Å². The number of nitrogens with zero attached hydrogens (tertiary/aromatic N) is 2. The predicted octanol–water partition coefficient (Wildman–Crippen LogP) is 2.57. The van der Waals surface area contributed by atoms with Crippen LogP contribution in [-0.2, 0) is 9.47 Å². The maximum atomic E-state index is 11.1. The van der Waals surface area contributed by atoms with E-state index in [-0.39, 0.29) is 11.4 Å². The third kappa shape index (κ3) is 6.12. The smallest absolute Gasteiger partial charge is 0.359 e. The van der Waals surface area contributed by atoms with Gasteiger partial charge in [0.2, 0.25) is 0 Å². The summed E-state index contributed by atoms with van der Waals surface area (Å²) in [5.41, 5.74) is 11.2. The number of carbonyl (C=O) groups is 2. The van der Waals surface area contributed by atoms with Crippen molar-refractivity contribution in [1.29, 1.82) is 0 Å². The summed E-state index contributed by atoms with van der Waals surface area (Å²) in [5.74, 6) is -0.863. The maximum Gasteiger partial charge on any atom is 0.359 e. The van der Waals surface area contributed by atoms with Gasteiger partial charge in [0.05, 0.1) is 13.2 Å². The van der Waals surface area contributed by atoms with Gasteiger partial charge in [0, 0.05) is 5.38 Å². The highest BCUT2D eigenvalue weighted by Gasteiger charge is 2.16. The van der Waals surface area contributed by atoms with Gasteiger partial charge in [0.25, 0.3) is 0 Å². The number of aromatic nitrogens is 2. The molecular weight excluding hydrogens is 408 g/mol. The molecule has 0 bridgehead atoms. The van der Waals surface area contributed by atoms with Crippen molar-refractivity contribution in [2.45, 2.75) is 13.8 Å². The molecule has 2 aromatic heterocycles. The standard InChI is InChI=1S/C6H7BrN2O2S.C6H8N2O2S/c1-2-11-5(10)3-4(7)12-6(8)9-3;1-2-10-5(9)4-3-11-6(7)8-4/h2H2,1H3,(H2,8,9);3H,2H2,1H3,(H2,7,8). The third-order valence-electron chi connectivity index (χ3n) is 2.08. The SMILES string of the molecule is CCOC(=O)c1csc(N)n1.CCOC(=O)c1nc(N)sc1Br. The molecule has 0 spiro atoms. The fourth-order valence-electron chi connectivity index (χ4n) is 1.23. The molecule has 4 N–H and O–H groups in total. The number of thiazole rings is 2. The quantitative estimate of drug-likeness (QED) is 0.718. The molecule has 0 saturated carbocycles. The van der Waals surface area contributed by atoms with Gasteiger partial charge in [-0.25, -0.2) is 19.6 Å². The first-order chi connectivity index (χ1) is 10.9. The molecule has 0 radical (unpaired) electrons. The van der Waals surface area contributed by atoms with Crippen LogP contribution in [0.3, 0.4) is 0 Å². The summed E-state index contributed by atoms with van der Waals surface area (Å²) in [5, 5.41) is 2.31. The molecule has 0 aliphatic carbocycles. The molecule has 0 aliphatic rings. The summed E-state index contributed by atoms with van der Waals surface area (Å²) in [4.78, 5) is 29.6. The second kappa shape index (κ2) is 9.43. The number of anilines is 2. The van der Waals surface area contributed by atoms with Crippen molar-refractivity contribution in [3.63, 3.8) is 0 Å². The Morgan fingerprint density at radius 1 is 1.13 bits per heavy atom. The lowest BCUT2D eigenvalue weighted by Gasteiger charge is -1.96. The van der Waals surface area contributed by atoms with Gasteiger partial charge >= 0.3 is 11.9 Å². The molecule has 0 fully saturated rings. The third-order valence-corrected chi connectivity index (χ3v) is 4.29. The number of hydrogen-bond acceptors (Lipinski definition) is 10. The highest BCUT2D eigenvalue weighted by atomic mass is 79.9. The summed E-state index contributed by atoms with van der Waals surface area (Å²) >= 11 is 5.59. The molecule has 0 amide bonds. The molecule has 2 heterocycles. The van der Waals surface area contributed by atoms with E-state index in [2.05, 4.69) is 25.9 Å². The second-order valence-electron chi connectivity index (χ2n) is 3.69. The zero-order valence-electron chi connectivity index (χ0n) is 12.4. The van der Waals surface area contributed by atoms with E-state index < -0.39 is 11.9 Å². The Kier molecular flexibility index (Phi) is 7.92. The van der Waals surface area contributed by atoms with Crippen LogP contribution in [0.1, 0.15) is 34.8 Å². The van der Waals surface area contributed by atoms with E-state index in [4.69, 9.17) is 20.9 Å². The summed E-state index contributed by atoms with van der Waals surface area (Å²) in [6, 6.07) is 0. The largest absolute Gasteiger partial charge is 0.461 e. The van der Waals surface area contributed by atoms with E-state index in [0.717, 1.165) is 0 Å². The minimum absolute atomic E-state index is 0.249. The van der Waals surface area contributed by atoms with E-state index in [1.165, 1.54) is 22.7 Å². The number of nitrogen functional groups attached to an aromatic ring is 2. The zero-order valence-corrected chi connectivity index (χ0v) is 15.6. The molecule has 0 aliphatic heterocycles. The van der Waals surface area contributed by atoms with Crippen molar-refractivity contribution < 1.29 is 19.1 Å². The van der Waals surface area contributed by atoms with E-state index in [9.17, 15) is 9.59 Å². The molecule has 23 heavy (non-hydrogen) atoms. The lowest BCUT2D eigenvalue weighted by atomic mass is 10.5. The zero-order chi connectivity index (χ0) is 17.4. The molecule has 8 nitrogen and oxygen atoms in total. The van der Waals surface area contributed by atoms with Gasteiger partial charge in [0.15, 0.2) is 21.7 Å². The van der Waals surface area contributed by atoms with Gasteiger partial charge in [-0.15, -0.1) is 11.3 Å². The Morgan fingerprint density at radius 3 is 2.17 bits per heavy atom. The van der Waals surface area contributed by atoms with Gasteiger partial charge in [-0.2, -0.15) is 0 Å².